The first-order chi connectivity index (χ1) is 16.5. The molecule has 3 nitrogen and oxygen atoms in total. The van der Waals surface area contributed by atoms with Crippen molar-refractivity contribution in [1.82, 2.24) is 9.88 Å². The van der Waals surface area contributed by atoms with E-state index in [0.29, 0.717) is 17.3 Å². The minimum Gasteiger partial charge on any atom is -0.360 e. The van der Waals surface area contributed by atoms with Crippen LogP contribution in [0.1, 0.15) is 47.8 Å². The Morgan fingerprint density at radius 3 is 2.29 bits per heavy atom. The first kappa shape index (κ1) is 25.2. The quantitative estimate of drug-likeness (QED) is 0.278. The zero-order chi connectivity index (χ0) is 25.3. The van der Waals surface area contributed by atoms with Gasteiger partial charge < -0.3 is 9.88 Å². The number of hydrogen-bond donors (Lipinski definition) is 1. The molecule has 0 bridgehead atoms. The predicted octanol–water partition coefficient (Wildman–Crippen LogP) is 7.94. The van der Waals surface area contributed by atoms with Crippen molar-refractivity contribution in [3.8, 4) is 0 Å². The van der Waals surface area contributed by atoms with E-state index < -0.39 is 17.5 Å². The number of fused-ring (bicyclic) bond motifs is 1. The summed E-state index contributed by atoms with van der Waals surface area (Å²) in [5.74, 6) is -1.74. The van der Waals surface area contributed by atoms with Crippen LogP contribution in [0.4, 0.5) is 8.78 Å². The molecule has 0 saturated carbocycles. The van der Waals surface area contributed by atoms with Gasteiger partial charge in [-0.1, -0.05) is 74.3 Å². The fourth-order valence-electron chi connectivity index (χ4n) is 4.05. The monoisotopic (exact) mass is 514 g/mol. The Bertz CT molecular complexity index is 1370. The van der Waals surface area contributed by atoms with E-state index in [1.807, 2.05) is 24.3 Å². The van der Waals surface area contributed by atoms with E-state index >= 15 is 4.39 Å². The molecule has 4 aromatic rings. The summed E-state index contributed by atoms with van der Waals surface area (Å²) in [6.45, 7) is 6.95. The average Bonchev–Trinajstić information content (AvgIpc) is 3.26. The van der Waals surface area contributed by atoms with Crippen molar-refractivity contribution < 1.29 is 13.6 Å². The number of aromatic amines is 1. The molecular formula is C28H26Cl2F2N2O. The van der Waals surface area contributed by atoms with Gasteiger partial charge in [-0.3, -0.25) is 4.79 Å². The summed E-state index contributed by atoms with van der Waals surface area (Å²) in [5.41, 5.74) is 3.16. The number of benzene rings is 3. The van der Waals surface area contributed by atoms with Crippen molar-refractivity contribution in [3.63, 3.8) is 0 Å². The maximum absolute atomic E-state index is 15.1. The van der Waals surface area contributed by atoms with Crippen LogP contribution in [-0.2, 0) is 18.4 Å². The van der Waals surface area contributed by atoms with Gasteiger partial charge in [0.2, 0.25) is 0 Å². The van der Waals surface area contributed by atoms with E-state index in [-0.39, 0.29) is 34.1 Å². The van der Waals surface area contributed by atoms with Crippen LogP contribution in [0.5, 0.6) is 0 Å². The first-order valence-corrected chi connectivity index (χ1v) is 12.1. The highest BCUT2D eigenvalue weighted by atomic mass is 35.5. The number of halogens is 4. The van der Waals surface area contributed by atoms with E-state index in [1.54, 1.807) is 29.3 Å². The Balaban J connectivity index is 1.68. The third-order valence-corrected chi connectivity index (χ3v) is 6.65. The minimum absolute atomic E-state index is 0.000964. The summed E-state index contributed by atoms with van der Waals surface area (Å²) < 4.78 is 28.7. The van der Waals surface area contributed by atoms with Crippen LogP contribution < -0.4 is 0 Å². The molecule has 7 heteroatoms. The Labute approximate surface area is 213 Å². The molecule has 182 valence electrons. The first-order valence-electron chi connectivity index (χ1n) is 11.3. The van der Waals surface area contributed by atoms with Crippen molar-refractivity contribution in [2.45, 2.75) is 39.2 Å². The van der Waals surface area contributed by atoms with Crippen molar-refractivity contribution in [2.24, 2.45) is 0 Å². The normalized spacial score (nSPS) is 11.7. The van der Waals surface area contributed by atoms with Crippen LogP contribution in [-0.4, -0.2) is 22.3 Å². The van der Waals surface area contributed by atoms with Gasteiger partial charge in [0.15, 0.2) is 5.82 Å². The summed E-state index contributed by atoms with van der Waals surface area (Å²) >= 11 is 12.1. The van der Waals surface area contributed by atoms with Crippen LogP contribution >= 0.6 is 23.2 Å². The Morgan fingerprint density at radius 1 is 0.943 bits per heavy atom. The maximum Gasteiger partial charge on any atom is 0.259 e. The van der Waals surface area contributed by atoms with Gasteiger partial charge in [-0.2, -0.15) is 0 Å². The predicted molar refractivity (Wildman–Crippen MR) is 138 cm³/mol. The molecule has 3 aromatic carbocycles. The van der Waals surface area contributed by atoms with E-state index in [0.717, 1.165) is 11.1 Å². The molecule has 1 heterocycles. The van der Waals surface area contributed by atoms with Gasteiger partial charge in [0.1, 0.15) is 11.4 Å². The number of H-pyrrole nitrogens is 1. The number of hydrogen-bond acceptors (Lipinski definition) is 1. The third-order valence-electron chi connectivity index (χ3n) is 6.09. The molecule has 0 fully saturated rings. The third kappa shape index (κ3) is 5.52. The summed E-state index contributed by atoms with van der Waals surface area (Å²) in [6.07, 6.45) is 2.06. The smallest absolute Gasteiger partial charge is 0.259 e. The molecule has 0 spiro atoms. The molecular weight excluding hydrogens is 489 g/mol. The molecule has 4 rings (SSSR count). The number of nitrogens with zero attached hydrogens (tertiary/aromatic N) is 1. The lowest BCUT2D eigenvalue weighted by Gasteiger charge is -2.25. The van der Waals surface area contributed by atoms with E-state index in [4.69, 9.17) is 23.2 Å². The van der Waals surface area contributed by atoms with Crippen LogP contribution in [0.2, 0.25) is 10.0 Å². The topological polar surface area (TPSA) is 36.1 Å². The molecule has 0 aliphatic rings. The van der Waals surface area contributed by atoms with Gasteiger partial charge in [-0.15, -0.1) is 0 Å². The lowest BCUT2D eigenvalue weighted by molar-refractivity contribution is 0.0742. The van der Waals surface area contributed by atoms with Gasteiger partial charge >= 0.3 is 0 Å². The maximum atomic E-state index is 15.1. The van der Waals surface area contributed by atoms with E-state index in [9.17, 15) is 9.18 Å². The average molecular weight is 515 g/mol. The highest BCUT2D eigenvalue weighted by Gasteiger charge is 2.25. The Hall–Kier alpha value is -2.89. The number of carbonyl (C=O) groups is 1. The summed E-state index contributed by atoms with van der Waals surface area (Å²) in [6, 6.07) is 15.8. The van der Waals surface area contributed by atoms with Crippen molar-refractivity contribution in [3.05, 3.63) is 105 Å². The second-order valence-corrected chi connectivity index (χ2v) is 10.5. The summed E-state index contributed by atoms with van der Waals surface area (Å²) in [5, 5.41) is 0.562. The van der Waals surface area contributed by atoms with Gasteiger partial charge in [-0.25, -0.2) is 8.78 Å². The lowest BCUT2D eigenvalue weighted by atomic mass is 9.87. The van der Waals surface area contributed by atoms with Crippen molar-refractivity contribution in [2.75, 3.05) is 6.54 Å². The van der Waals surface area contributed by atoms with Crippen LogP contribution in [0.15, 0.2) is 60.8 Å². The molecule has 0 atom stereocenters. The number of carbonyl (C=O) groups excluding carboxylic acids is 1. The molecule has 0 aliphatic carbocycles. The van der Waals surface area contributed by atoms with Gasteiger partial charge in [0.25, 0.3) is 5.91 Å². The second-order valence-electron chi connectivity index (χ2n) is 9.66. The molecule has 1 aromatic heterocycles. The molecule has 0 aliphatic heterocycles. The molecule has 0 saturated heterocycles. The molecule has 1 N–H and O–H groups in total. The number of nitrogens with one attached hydrogen (secondary N) is 1. The number of rotatable bonds is 6. The highest BCUT2D eigenvalue weighted by Crippen LogP contribution is 2.29. The molecule has 0 unspecified atom stereocenters. The number of amides is 1. The fourth-order valence-corrected chi connectivity index (χ4v) is 4.46. The lowest BCUT2D eigenvalue weighted by Crippen LogP contribution is -2.33. The van der Waals surface area contributed by atoms with Crippen molar-refractivity contribution in [1.29, 1.82) is 0 Å². The Morgan fingerprint density at radius 2 is 1.63 bits per heavy atom. The molecule has 0 radical (unpaired) electrons. The fraction of sp³-hybridized carbons (Fsp3) is 0.250. The van der Waals surface area contributed by atoms with Crippen molar-refractivity contribution >= 4 is 40.0 Å². The molecule has 1 amide bonds. The molecule has 35 heavy (non-hydrogen) atoms. The van der Waals surface area contributed by atoms with E-state index in [2.05, 4.69) is 25.8 Å². The van der Waals surface area contributed by atoms with Crippen LogP contribution in [0.3, 0.4) is 0 Å². The van der Waals surface area contributed by atoms with Crippen LogP contribution in [0.25, 0.3) is 10.9 Å². The second kappa shape index (κ2) is 10.00. The van der Waals surface area contributed by atoms with Gasteiger partial charge in [0, 0.05) is 24.7 Å². The minimum atomic E-state index is -0.760. The SMILES string of the molecule is CC(C)(C)c1ccc(CN(CCc2ccc(F)c(Cl)c2)C(=O)c2c(F)c(Cl)cc3cc[nH]c23)cc1. The Kier molecular flexibility index (Phi) is 7.20. The van der Waals surface area contributed by atoms with Gasteiger partial charge in [-0.05, 0) is 52.8 Å². The zero-order valence-corrected chi connectivity index (χ0v) is 21.3. The number of aromatic nitrogens is 1. The summed E-state index contributed by atoms with van der Waals surface area (Å²) in [7, 11) is 0. The highest BCUT2D eigenvalue weighted by molar-refractivity contribution is 6.32. The van der Waals surface area contributed by atoms with E-state index in [1.165, 1.54) is 17.7 Å². The zero-order valence-electron chi connectivity index (χ0n) is 19.8. The summed E-state index contributed by atoms with van der Waals surface area (Å²) in [4.78, 5) is 18.3. The van der Waals surface area contributed by atoms with Gasteiger partial charge in [0.05, 0.1) is 15.6 Å². The largest absolute Gasteiger partial charge is 0.360 e. The van der Waals surface area contributed by atoms with Crippen LogP contribution in [0, 0.1) is 11.6 Å². The standard InChI is InChI=1S/C28H26Cl2F2N2O/c1-28(2,3)20-7-4-18(5-8-20)16-34(13-11-17-6-9-23(31)21(29)14-17)27(35)24-25(32)22(30)15-19-10-12-33-26(19)24/h4-10,12,14-15,33H,11,13,16H2,1-3H3.